The minimum absolute atomic E-state index is 0.0347. The van der Waals surface area contributed by atoms with Crippen LogP contribution in [0, 0.1) is 28.4 Å². The lowest BCUT2D eigenvalue weighted by molar-refractivity contribution is -0.384. The van der Waals surface area contributed by atoms with Gasteiger partial charge in [0.2, 0.25) is 0 Å². The van der Waals surface area contributed by atoms with Gasteiger partial charge in [-0.05, 0) is 54.5 Å². The number of nitriles is 1. The van der Waals surface area contributed by atoms with Crippen molar-refractivity contribution in [2.24, 2.45) is 0 Å². The summed E-state index contributed by atoms with van der Waals surface area (Å²) in [5, 5.41) is 20.9. The molecule has 6 heteroatoms. The molecular formula is C20H13ClN2O3. The molecule has 5 nitrogen and oxygen atoms in total. The molecule has 3 aromatic rings. The van der Waals surface area contributed by atoms with Gasteiger partial charge < -0.3 is 4.42 Å². The summed E-state index contributed by atoms with van der Waals surface area (Å²) in [6, 6.07) is 17.2. The molecule has 0 unspecified atom stereocenters. The van der Waals surface area contributed by atoms with E-state index in [1.165, 1.54) is 12.1 Å². The SMILES string of the molecule is Cc1cc([N+](=O)[O-])ccc1-c1ccc(C=C(C#N)c2ccc(Cl)cc2)o1. The van der Waals surface area contributed by atoms with Crippen LogP contribution in [0.4, 0.5) is 5.69 Å². The third-order valence-electron chi connectivity index (χ3n) is 3.88. The molecule has 0 aliphatic heterocycles. The minimum Gasteiger partial charge on any atom is -0.457 e. The molecule has 0 saturated heterocycles. The molecule has 1 aromatic heterocycles. The van der Waals surface area contributed by atoms with Crippen LogP contribution in [0.1, 0.15) is 16.9 Å². The topological polar surface area (TPSA) is 80.1 Å². The number of nitro benzene ring substituents is 1. The van der Waals surface area contributed by atoms with Gasteiger partial charge in [0.25, 0.3) is 5.69 Å². The molecule has 1 heterocycles. The van der Waals surface area contributed by atoms with Gasteiger partial charge in [-0.25, -0.2) is 0 Å². The van der Waals surface area contributed by atoms with Crippen molar-refractivity contribution in [2.45, 2.75) is 6.92 Å². The number of nitro groups is 1. The summed E-state index contributed by atoms with van der Waals surface area (Å²) < 4.78 is 5.80. The number of nitrogens with zero attached hydrogens (tertiary/aromatic N) is 2. The summed E-state index contributed by atoms with van der Waals surface area (Å²) in [6.45, 7) is 1.79. The summed E-state index contributed by atoms with van der Waals surface area (Å²) in [5.74, 6) is 1.10. The molecule has 0 radical (unpaired) electrons. The van der Waals surface area contributed by atoms with Crippen LogP contribution in [-0.4, -0.2) is 4.92 Å². The maximum Gasteiger partial charge on any atom is 0.269 e. The molecule has 0 bridgehead atoms. The number of rotatable bonds is 4. The number of benzene rings is 2. The lowest BCUT2D eigenvalue weighted by Crippen LogP contribution is -1.89. The van der Waals surface area contributed by atoms with Crippen molar-refractivity contribution in [3.8, 4) is 17.4 Å². The standard InChI is InChI=1S/C20H13ClN2O3/c1-13-10-17(23(24)25)6-8-19(13)20-9-7-18(26-20)11-15(12-22)14-2-4-16(21)5-3-14/h2-11H,1H3. The molecule has 26 heavy (non-hydrogen) atoms. The zero-order valence-electron chi connectivity index (χ0n) is 13.8. The van der Waals surface area contributed by atoms with E-state index >= 15 is 0 Å². The Morgan fingerprint density at radius 1 is 1.19 bits per heavy atom. The highest BCUT2D eigenvalue weighted by Gasteiger charge is 2.12. The van der Waals surface area contributed by atoms with Crippen LogP contribution in [0.2, 0.25) is 5.02 Å². The first kappa shape index (κ1) is 17.5. The van der Waals surface area contributed by atoms with Gasteiger partial charge in [0.15, 0.2) is 0 Å². The van der Waals surface area contributed by atoms with Gasteiger partial charge in [-0.2, -0.15) is 5.26 Å². The summed E-state index contributed by atoms with van der Waals surface area (Å²) >= 11 is 5.87. The average molecular weight is 365 g/mol. The third kappa shape index (κ3) is 3.66. The van der Waals surface area contributed by atoms with E-state index in [-0.39, 0.29) is 5.69 Å². The van der Waals surface area contributed by atoms with Crippen molar-refractivity contribution in [1.29, 1.82) is 5.26 Å². The number of furan rings is 1. The highest BCUT2D eigenvalue weighted by molar-refractivity contribution is 6.30. The molecule has 0 amide bonds. The Balaban J connectivity index is 1.93. The van der Waals surface area contributed by atoms with Crippen LogP contribution in [0.25, 0.3) is 23.0 Å². The molecule has 2 aromatic carbocycles. The normalized spacial score (nSPS) is 11.2. The van der Waals surface area contributed by atoms with E-state index in [0.717, 1.165) is 16.7 Å². The van der Waals surface area contributed by atoms with Crippen molar-refractivity contribution in [3.05, 3.63) is 86.6 Å². The van der Waals surface area contributed by atoms with E-state index in [9.17, 15) is 15.4 Å². The summed E-state index contributed by atoms with van der Waals surface area (Å²) in [6.07, 6.45) is 1.65. The quantitative estimate of drug-likeness (QED) is 0.329. The van der Waals surface area contributed by atoms with Gasteiger partial charge in [-0.15, -0.1) is 0 Å². The average Bonchev–Trinajstić information content (AvgIpc) is 3.08. The predicted molar refractivity (Wildman–Crippen MR) is 100 cm³/mol. The zero-order chi connectivity index (χ0) is 18.7. The van der Waals surface area contributed by atoms with E-state index in [0.29, 0.717) is 22.1 Å². The molecule has 0 aliphatic carbocycles. The summed E-state index contributed by atoms with van der Waals surface area (Å²) in [5.41, 5.74) is 2.72. The van der Waals surface area contributed by atoms with Crippen molar-refractivity contribution in [2.75, 3.05) is 0 Å². The molecule has 0 saturated carbocycles. The van der Waals surface area contributed by atoms with Crippen LogP contribution >= 0.6 is 11.6 Å². The monoisotopic (exact) mass is 364 g/mol. The number of hydrogen-bond acceptors (Lipinski definition) is 4. The summed E-state index contributed by atoms with van der Waals surface area (Å²) in [7, 11) is 0. The van der Waals surface area contributed by atoms with Crippen LogP contribution in [0.3, 0.4) is 0 Å². The maximum atomic E-state index is 10.9. The fourth-order valence-electron chi connectivity index (χ4n) is 2.56. The first-order valence-corrected chi connectivity index (χ1v) is 8.08. The van der Waals surface area contributed by atoms with E-state index in [2.05, 4.69) is 6.07 Å². The number of hydrogen-bond donors (Lipinski definition) is 0. The Hall–Kier alpha value is -3.36. The Labute approximate surface area is 154 Å². The second-order valence-corrected chi connectivity index (χ2v) is 6.07. The molecule has 128 valence electrons. The van der Waals surface area contributed by atoms with Gasteiger partial charge >= 0.3 is 0 Å². The zero-order valence-corrected chi connectivity index (χ0v) is 14.5. The summed E-state index contributed by atoms with van der Waals surface area (Å²) in [4.78, 5) is 10.4. The number of non-ortho nitro benzene ring substituents is 1. The van der Waals surface area contributed by atoms with Crippen LogP contribution in [-0.2, 0) is 0 Å². The van der Waals surface area contributed by atoms with E-state index in [1.54, 1.807) is 55.5 Å². The Bertz CT molecular complexity index is 1040. The fraction of sp³-hybridized carbons (Fsp3) is 0.0500. The van der Waals surface area contributed by atoms with Gasteiger partial charge in [-0.1, -0.05) is 23.7 Å². The smallest absolute Gasteiger partial charge is 0.269 e. The van der Waals surface area contributed by atoms with Gasteiger partial charge in [0.05, 0.1) is 16.6 Å². The molecule has 0 N–H and O–H groups in total. The van der Waals surface area contributed by atoms with E-state index in [1.807, 2.05) is 0 Å². The number of allylic oxidation sites excluding steroid dienone is 1. The van der Waals surface area contributed by atoms with Crippen molar-refractivity contribution in [1.82, 2.24) is 0 Å². The molecule has 3 rings (SSSR count). The first-order chi connectivity index (χ1) is 12.5. The Morgan fingerprint density at radius 2 is 1.92 bits per heavy atom. The molecular weight excluding hydrogens is 352 g/mol. The van der Waals surface area contributed by atoms with Crippen LogP contribution in [0.5, 0.6) is 0 Å². The highest BCUT2D eigenvalue weighted by atomic mass is 35.5. The maximum absolute atomic E-state index is 10.9. The number of aryl methyl sites for hydroxylation is 1. The third-order valence-corrected chi connectivity index (χ3v) is 4.13. The second-order valence-electron chi connectivity index (χ2n) is 5.64. The highest BCUT2D eigenvalue weighted by Crippen LogP contribution is 2.30. The van der Waals surface area contributed by atoms with Crippen molar-refractivity contribution < 1.29 is 9.34 Å². The lowest BCUT2D eigenvalue weighted by atomic mass is 10.1. The van der Waals surface area contributed by atoms with E-state index < -0.39 is 4.92 Å². The largest absolute Gasteiger partial charge is 0.457 e. The van der Waals surface area contributed by atoms with Gasteiger partial charge in [0.1, 0.15) is 11.5 Å². The second kappa shape index (κ2) is 7.26. The number of halogens is 1. The molecule has 0 atom stereocenters. The molecule has 0 fully saturated rings. The van der Waals surface area contributed by atoms with E-state index in [4.69, 9.17) is 16.0 Å². The fourth-order valence-corrected chi connectivity index (χ4v) is 2.69. The van der Waals surface area contributed by atoms with Gasteiger partial charge in [0, 0.05) is 22.7 Å². The minimum atomic E-state index is -0.432. The Morgan fingerprint density at radius 3 is 2.54 bits per heavy atom. The Kier molecular flexibility index (Phi) is 4.87. The lowest BCUT2D eigenvalue weighted by Gasteiger charge is -2.02. The van der Waals surface area contributed by atoms with Crippen LogP contribution in [0.15, 0.2) is 59.0 Å². The van der Waals surface area contributed by atoms with Crippen molar-refractivity contribution >= 4 is 28.9 Å². The first-order valence-electron chi connectivity index (χ1n) is 7.71. The molecule has 0 aliphatic rings. The van der Waals surface area contributed by atoms with Crippen LogP contribution < -0.4 is 0 Å². The molecule has 0 spiro atoms. The van der Waals surface area contributed by atoms with Crippen molar-refractivity contribution in [3.63, 3.8) is 0 Å². The van der Waals surface area contributed by atoms with Gasteiger partial charge in [-0.3, -0.25) is 10.1 Å². The predicted octanol–water partition coefficient (Wildman–Crippen LogP) is 5.88.